The highest BCUT2D eigenvalue weighted by Crippen LogP contribution is 2.34. The summed E-state index contributed by atoms with van der Waals surface area (Å²) in [6.45, 7) is 2.89. The minimum atomic E-state index is -4.91. The fourth-order valence-electron chi connectivity index (χ4n) is 4.23. The van der Waals surface area contributed by atoms with Crippen molar-refractivity contribution >= 4 is 58.2 Å². The van der Waals surface area contributed by atoms with Crippen LogP contribution in [0.5, 0.6) is 0 Å². The third-order valence-electron chi connectivity index (χ3n) is 6.59. The van der Waals surface area contributed by atoms with Crippen LogP contribution < -0.4 is 32.6 Å². The highest BCUT2D eigenvalue weighted by Gasteiger charge is 2.35. The molecule has 0 unspecified atom stereocenters. The van der Waals surface area contributed by atoms with Gasteiger partial charge in [0.15, 0.2) is 0 Å². The fourth-order valence-corrected chi connectivity index (χ4v) is 4.23. The Morgan fingerprint density at radius 3 is 1.96 bits per heavy atom. The van der Waals surface area contributed by atoms with Crippen molar-refractivity contribution in [1.29, 1.82) is 0 Å². The molecule has 0 aliphatic carbocycles. The molecule has 48 heavy (non-hydrogen) atoms. The lowest BCUT2D eigenvalue weighted by molar-refractivity contribution is -0.141. The van der Waals surface area contributed by atoms with Gasteiger partial charge in [-0.3, -0.25) is 33.6 Å². The average molecular weight is 688 g/mol. The molecule has 1 aromatic heterocycles. The van der Waals surface area contributed by atoms with Gasteiger partial charge in [0.25, 0.3) is 0 Å². The van der Waals surface area contributed by atoms with Crippen LogP contribution in [0.2, 0.25) is 0 Å². The second-order valence-corrected chi connectivity index (χ2v) is 10.8. The molecule has 0 aliphatic rings. The zero-order chi connectivity index (χ0) is 36.5. The van der Waals surface area contributed by atoms with Gasteiger partial charge in [0.05, 0.1) is 24.4 Å². The van der Waals surface area contributed by atoms with Crippen molar-refractivity contribution in [2.75, 3.05) is 5.32 Å². The van der Waals surface area contributed by atoms with Crippen molar-refractivity contribution in [3.8, 4) is 0 Å². The van der Waals surface area contributed by atoms with E-state index in [1.807, 2.05) is 0 Å². The number of hydrogen-bond donors (Lipinski definition) is 8. The lowest BCUT2D eigenvalue weighted by atomic mass is 10.0. The number of hydrogen-bond acceptors (Lipinski definition) is 10. The molecule has 1 heterocycles. The first kappa shape index (κ1) is 38.7. The normalized spacial score (nSPS) is 13.9. The molecule has 2 rings (SSSR count). The van der Waals surface area contributed by atoms with E-state index >= 15 is 0 Å². The van der Waals surface area contributed by atoms with Crippen LogP contribution in [0.4, 0.5) is 18.9 Å². The van der Waals surface area contributed by atoms with Crippen LogP contribution in [0, 0.1) is 5.92 Å². The van der Waals surface area contributed by atoms with Crippen LogP contribution in [-0.2, 0) is 39.7 Å². The summed E-state index contributed by atoms with van der Waals surface area (Å²) in [6, 6.07) is -3.49. The number of nitrogens with two attached hydrogens (primary N) is 1. The van der Waals surface area contributed by atoms with Gasteiger partial charge in [-0.25, -0.2) is 4.79 Å². The number of carboxylic acids is 3. The van der Waals surface area contributed by atoms with Crippen LogP contribution >= 0.6 is 0 Å². The fraction of sp³-hybridized carbons (Fsp3) is 0.429. The molecule has 2 aromatic rings. The number of fused-ring (bicyclic) bond motifs is 1. The molecule has 4 amide bonds. The molecule has 0 saturated heterocycles. The Hall–Kier alpha value is -5.53. The molecule has 262 valence electrons. The van der Waals surface area contributed by atoms with Gasteiger partial charge in [0.2, 0.25) is 23.6 Å². The summed E-state index contributed by atoms with van der Waals surface area (Å²) in [4.78, 5) is 96.9. The number of anilines is 1. The maximum atomic E-state index is 13.4. The summed E-state index contributed by atoms with van der Waals surface area (Å²) in [5.41, 5.74) is 2.09. The van der Waals surface area contributed by atoms with Crippen molar-refractivity contribution in [2.24, 2.45) is 11.7 Å². The first-order valence-corrected chi connectivity index (χ1v) is 14.0. The molecule has 0 saturated carbocycles. The number of carbonyl (C=O) groups excluding carboxylic acids is 4. The van der Waals surface area contributed by atoms with Crippen LogP contribution in [-0.4, -0.2) is 81.0 Å². The number of carbonyl (C=O) groups is 7. The Morgan fingerprint density at radius 1 is 0.812 bits per heavy atom. The smallest absolute Gasteiger partial charge is 0.417 e. The van der Waals surface area contributed by atoms with Gasteiger partial charge in [-0.05, 0) is 24.5 Å². The maximum Gasteiger partial charge on any atom is 0.417 e. The number of nitrogens with one attached hydrogen (secondary N) is 4. The first-order chi connectivity index (χ1) is 22.2. The van der Waals surface area contributed by atoms with E-state index in [9.17, 15) is 56.6 Å². The van der Waals surface area contributed by atoms with Gasteiger partial charge >= 0.3 is 29.7 Å². The van der Waals surface area contributed by atoms with E-state index in [1.165, 1.54) is 13.8 Å². The average Bonchev–Trinajstić information content (AvgIpc) is 2.95. The predicted octanol–water partition coefficient (Wildman–Crippen LogP) is 0.00220. The summed E-state index contributed by atoms with van der Waals surface area (Å²) < 4.78 is 44.9. The van der Waals surface area contributed by atoms with Crippen LogP contribution in [0.25, 0.3) is 11.0 Å². The summed E-state index contributed by atoms with van der Waals surface area (Å²) in [5.74, 6) is -9.54. The molecule has 9 N–H and O–H groups in total. The Bertz CT molecular complexity index is 1640. The van der Waals surface area contributed by atoms with E-state index in [0.29, 0.717) is 0 Å². The Balaban J connectivity index is 2.28. The molecule has 0 aliphatic heterocycles. The Morgan fingerprint density at radius 2 is 1.42 bits per heavy atom. The van der Waals surface area contributed by atoms with E-state index in [2.05, 4.69) is 21.3 Å². The number of aliphatic carboxylic acids is 3. The zero-order valence-corrected chi connectivity index (χ0v) is 25.3. The molecule has 0 spiro atoms. The third kappa shape index (κ3) is 11.4. The zero-order valence-electron chi connectivity index (χ0n) is 25.3. The number of halogens is 3. The van der Waals surface area contributed by atoms with Gasteiger partial charge in [-0.15, -0.1) is 0 Å². The van der Waals surface area contributed by atoms with Gasteiger partial charge in [-0.2, -0.15) is 13.2 Å². The topological polar surface area (TPSA) is 285 Å². The molecular weight excluding hydrogens is 655 g/mol. The summed E-state index contributed by atoms with van der Waals surface area (Å²) in [6.07, 6.45) is -7.87. The SMILES string of the molecule is CC(C)[C@H](NC(=O)[C@H](CCC(=O)O)NC(=O)[C@@H](N)CC(=O)O)C(=O)N[C@@H](CC(=O)O)C(=O)Nc1ccc2c(C(F)(F)F)cc(=O)oc2c1. The van der Waals surface area contributed by atoms with Crippen molar-refractivity contribution in [3.05, 3.63) is 40.2 Å². The molecule has 17 nitrogen and oxygen atoms in total. The van der Waals surface area contributed by atoms with E-state index in [4.69, 9.17) is 20.4 Å². The second kappa shape index (κ2) is 16.3. The van der Waals surface area contributed by atoms with Crippen molar-refractivity contribution < 1.29 is 66.5 Å². The minimum absolute atomic E-state index is 0.230. The van der Waals surface area contributed by atoms with Gasteiger partial charge in [0.1, 0.15) is 23.7 Å². The van der Waals surface area contributed by atoms with Crippen LogP contribution in [0.3, 0.4) is 0 Å². The highest BCUT2D eigenvalue weighted by atomic mass is 19.4. The standard InChI is InChI=1S/C28H32F3N5O12/c1-11(2)23(36-25(45)16(5-6-19(37)38)34-24(44)15(32)9-20(39)40)27(47)35-17(10-21(41)42)26(46)33-12-3-4-13-14(28(29,30)31)8-22(43)48-18(13)7-12/h3-4,7-8,11,15-17,23H,5-6,9-10,32H2,1-2H3,(H,33,46)(H,34,44)(H,35,47)(H,36,45)(H,37,38)(H,39,40)(H,41,42)/t15-,16-,17-,23-/m0/s1. The molecule has 0 bridgehead atoms. The Labute approximate surface area is 268 Å². The van der Waals surface area contributed by atoms with E-state index in [-0.39, 0.29) is 11.8 Å². The minimum Gasteiger partial charge on any atom is -0.481 e. The van der Waals surface area contributed by atoms with Gasteiger partial charge in [0, 0.05) is 29.6 Å². The van der Waals surface area contributed by atoms with Crippen molar-refractivity contribution in [1.82, 2.24) is 16.0 Å². The summed E-state index contributed by atoms with van der Waals surface area (Å²) >= 11 is 0. The number of benzene rings is 1. The first-order valence-electron chi connectivity index (χ1n) is 14.0. The number of alkyl halides is 3. The Kier molecular flexibility index (Phi) is 13.2. The highest BCUT2D eigenvalue weighted by molar-refractivity contribution is 6.01. The number of rotatable bonds is 16. The number of amides is 4. The largest absolute Gasteiger partial charge is 0.481 e. The second-order valence-electron chi connectivity index (χ2n) is 10.8. The van der Waals surface area contributed by atoms with E-state index < -0.39 is 126 Å². The third-order valence-corrected chi connectivity index (χ3v) is 6.59. The van der Waals surface area contributed by atoms with Gasteiger partial charge in [-0.1, -0.05) is 13.8 Å². The van der Waals surface area contributed by atoms with Crippen molar-refractivity contribution in [2.45, 2.75) is 69.9 Å². The van der Waals surface area contributed by atoms with Crippen LogP contribution in [0.1, 0.15) is 45.1 Å². The molecule has 4 atom stereocenters. The lowest BCUT2D eigenvalue weighted by Gasteiger charge is -2.27. The lowest BCUT2D eigenvalue weighted by Crippen LogP contribution is -2.59. The van der Waals surface area contributed by atoms with Crippen LogP contribution in [0.15, 0.2) is 33.5 Å². The van der Waals surface area contributed by atoms with E-state index in [1.54, 1.807) is 0 Å². The molecular formula is C28H32F3N5O12. The van der Waals surface area contributed by atoms with Gasteiger partial charge < -0.3 is 46.7 Å². The van der Waals surface area contributed by atoms with E-state index in [0.717, 1.165) is 18.2 Å². The molecule has 20 heteroatoms. The quantitative estimate of drug-likeness (QED) is 0.108. The monoisotopic (exact) mass is 687 g/mol. The van der Waals surface area contributed by atoms with Crippen molar-refractivity contribution in [3.63, 3.8) is 0 Å². The molecule has 0 radical (unpaired) electrons. The summed E-state index contributed by atoms with van der Waals surface area (Å²) in [5, 5.41) is 35.5. The summed E-state index contributed by atoms with van der Waals surface area (Å²) in [7, 11) is 0. The predicted molar refractivity (Wildman–Crippen MR) is 156 cm³/mol. The number of carboxylic acid groups (broad SMARTS) is 3. The molecule has 0 fully saturated rings. The molecule has 1 aromatic carbocycles. The maximum absolute atomic E-state index is 13.4.